The Morgan fingerprint density at radius 3 is 2.46 bits per heavy atom. The molecular formula is C9H19NO3. The summed E-state index contributed by atoms with van der Waals surface area (Å²) < 4.78 is 0. The predicted molar refractivity (Wildman–Crippen MR) is 50.7 cm³/mol. The summed E-state index contributed by atoms with van der Waals surface area (Å²) in [7, 11) is 0. The molecule has 0 heterocycles. The maximum Gasteiger partial charge on any atom is 0.303 e. The van der Waals surface area contributed by atoms with Crippen molar-refractivity contribution in [3.8, 4) is 0 Å². The van der Waals surface area contributed by atoms with E-state index in [2.05, 4.69) is 5.32 Å². The van der Waals surface area contributed by atoms with E-state index in [9.17, 15) is 9.90 Å². The molecule has 0 aliphatic heterocycles. The first-order valence-electron chi connectivity index (χ1n) is 4.57. The summed E-state index contributed by atoms with van der Waals surface area (Å²) in [6.07, 6.45) is 1.52. The van der Waals surface area contributed by atoms with Gasteiger partial charge in [-0.3, -0.25) is 4.79 Å². The third-order valence-electron chi connectivity index (χ3n) is 1.66. The molecule has 0 saturated heterocycles. The molecule has 0 fully saturated rings. The van der Waals surface area contributed by atoms with Crippen LogP contribution in [0.4, 0.5) is 0 Å². The van der Waals surface area contributed by atoms with Crippen LogP contribution in [-0.4, -0.2) is 34.9 Å². The van der Waals surface area contributed by atoms with Crippen LogP contribution < -0.4 is 5.32 Å². The Kier molecular flexibility index (Phi) is 5.66. The van der Waals surface area contributed by atoms with Gasteiger partial charge in [0.2, 0.25) is 0 Å². The molecule has 0 rings (SSSR count). The van der Waals surface area contributed by atoms with Crippen LogP contribution in [0.25, 0.3) is 0 Å². The molecule has 78 valence electrons. The van der Waals surface area contributed by atoms with E-state index in [1.165, 1.54) is 0 Å². The molecule has 0 amide bonds. The SMILES string of the molecule is CC(C)(O)CCNCCCC(=O)O. The Hall–Kier alpha value is -0.610. The van der Waals surface area contributed by atoms with Gasteiger partial charge in [0.25, 0.3) is 0 Å². The monoisotopic (exact) mass is 189 g/mol. The fraction of sp³-hybridized carbons (Fsp3) is 0.889. The molecule has 4 nitrogen and oxygen atoms in total. The van der Waals surface area contributed by atoms with Gasteiger partial charge in [-0.1, -0.05) is 0 Å². The molecule has 0 radical (unpaired) electrons. The number of carboxylic acids is 1. The van der Waals surface area contributed by atoms with Crippen molar-refractivity contribution in [1.29, 1.82) is 0 Å². The molecule has 0 saturated carbocycles. The van der Waals surface area contributed by atoms with Crippen LogP contribution in [0.5, 0.6) is 0 Å². The zero-order chi connectivity index (χ0) is 10.3. The maximum absolute atomic E-state index is 10.1. The molecule has 13 heavy (non-hydrogen) atoms. The van der Waals surface area contributed by atoms with Gasteiger partial charge in [-0.25, -0.2) is 0 Å². The molecule has 0 atom stereocenters. The van der Waals surface area contributed by atoms with E-state index in [-0.39, 0.29) is 6.42 Å². The molecule has 0 aromatic carbocycles. The zero-order valence-corrected chi connectivity index (χ0v) is 8.34. The lowest BCUT2D eigenvalue weighted by Crippen LogP contribution is -2.27. The van der Waals surface area contributed by atoms with Gasteiger partial charge < -0.3 is 15.5 Å². The fourth-order valence-electron chi connectivity index (χ4n) is 0.884. The third-order valence-corrected chi connectivity index (χ3v) is 1.66. The Morgan fingerprint density at radius 2 is 2.00 bits per heavy atom. The van der Waals surface area contributed by atoms with Crippen LogP contribution in [0.15, 0.2) is 0 Å². The van der Waals surface area contributed by atoms with Crippen molar-refractivity contribution >= 4 is 5.97 Å². The lowest BCUT2D eigenvalue weighted by Gasteiger charge is -2.16. The Balaban J connectivity index is 3.13. The Morgan fingerprint density at radius 1 is 1.38 bits per heavy atom. The van der Waals surface area contributed by atoms with Crippen molar-refractivity contribution in [2.75, 3.05) is 13.1 Å². The summed E-state index contributed by atoms with van der Waals surface area (Å²) in [5.41, 5.74) is -0.639. The van der Waals surface area contributed by atoms with Gasteiger partial charge in [0.1, 0.15) is 0 Å². The summed E-state index contributed by atoms with van der Waals surface area (Å²) in [4.78, 5) is 10.1. The number of aliphatic carboxylic acids is 1. The van der Waals surface area contributed by atoms with Crippen molar-refractivity contribution in [1.82, 2.24) is 5.32 Å². The second kappa shape index (κ2) is 5.94. The first kappa shape index (κ1) is 12.4. The average molecular weight is 189 g/mol. The lowest BCUT2D eigenvalue weighted by atomic mass is 10.1. The summed E-state index contributed by atoms with van der Waals surface area (Å²) in [6, 6.07) is 0. The van der Waals surface area contributed by atoms with Crippen molar-refractivity contribution < 1.29 is 15.0 Å². The minimum atomic E-state index is -0.760. The van der Waals surface area contributed by atoms with E-state index in [4.69, 9.17) is 5.11 Å². The molecular weight excluding hydrogens is 170 g/mol. The molecule has 3 N–H and O–H groups in total. The molecule has 0 aromatic heterocycles. The molecule has 0 aromatic rings. The molecule has 0 spiro atoms. The van der Waals surface area contributed by atoms with Crippen molar-refractivity contribution in [3.05, 3.63) is 0 Å². The second-order valence-corrected chi connectivity index (χ2v) is 3.81. The Labute approximate surface area is 79.0 Å². The van der Waals surface area contributed by atoms with Gasteiger partial charge in [-0.05, 0) is 39.8 Å². The van der Waals surface area contributed by atoms with Gasteiger partial charge in [0.15, 0.2) is 0 Å². The number of carboxylic acid groups (broad SMARTS) is 1. The summed E-state index contributed by atoms with van der Waals surface area (Å²) >= 11 is 0. The second-order valence-electron chi connectivity index (χ2n) is 3.81. The van der Waals surface area contributed by atoms with Crippen molar-refractivity contribution in [2.24, 2.45) is 0 Å². The number of hydrogen-bond acceptors (Lipinski definition) is 3. The van der Waals surface area contributed by atoms with Gasteiger partial charge in [0.05, 0.1) is 5.60 Å². The van der Waals surface area contributed by atoms with Crippen LogP contribution in [0.1, 0.15) is 33.1 Å². The molecule has 0 unspecified atom stereocenters. The number of hydrogen-bond donors (Lipinski definition) is 3. The third kappa shape index (κ3) is 11.4. The van der Waals surface area contributed by atoms with Crippen molar-refractivity contribution in [2.45, 2.75) is 38.7 Å². The van der Waals surface area contributed by atoms with Crippen LogP contribution in [0.2, 0.25) is 0 Å². The summed E-state index contributed by atoms with van der Waals surface area (Å²) in [5, 5.41) is 20.7. The topological polar surface area (TPSA) is 69.6 Å². The van der Waals surface area contributed by atoms with Crippen molar-refractivity contribution in [3.63, 3.8) is 0 Å². The fourth-order valence-corrected chi connectivity index (χ4v) is 0.884. The van der Waals surface area contributed by atoms with E-state index >= 15 is 0 Å². The van der Waals surface area contributed by atoms with E-state index in [1.54, 1.807) is 13.8 Å². The predicted octanol–water partition coefficient (Wildman–Crippen LogP) is 0.602. The smallest absolute Gasteiger partial charge is 0.303 e. The first-order valence-corrected chi connectivity index (χ1v) is 4.57. The normalized spacial score (nSPS) is 11.6. The van der Waals surface area contributed by atoms with Crippen LogP contribution in [0, 0.1) is 0 Å². The highest BCUT2D eigenvalue weighted by Gasteiger charge is 2.10. The van der Waals surface area contributed by atoms with E-state index < -0.39 is 11.6 Å². The number of nitrogens with one attached hydrogen (secondary N) is 1. The van der Waals surface area contributed by atoms with Gasteiger partial charge in [0, 0.05) is 6.42 Å². The quantitative estimate of drug-likeness (QED) is 0.513. The molecule has 0 bridgehead atoms. The first-order chi connectivity index (χ1) is 5.92. The van der Waals surface area contributed by atoms with E-state index in [0.717, 1.165) is 6.54 Å². The highest BCUT2D eigenvalue weighted by molar-refractivity contribution is 5.66. The number of aliphatic hydroxyl groups is 1. The van der Waals surface area contributed by atoms with Crippen LogP contribution in [0.3, 0.4) is 0 Å². The Bertz CT molecular complexity index is 151. The standard InChI is InChI=1S/C9H19NO3/c1-9(2,13)5-7-10-6-3-4-8(11)12/h10,13H,3-7H2,1-2H3,(H,11,12). The number of rotatable bonds is 7. The largest absolute Gasteiger partial charge is 0.481 e. The van der Waals surface area contributed by atoms with Gasteiger partial charge in [-0.15, -0.1) is 0 Å². The zero-order valence-electron chi connectivity index (χ0n) is 8.34. The molecule has 0 aliphatic rings. The van der Waals surface area contributed by atoms with Gasteiger partial charge >= 0.3 is 5.97 Å². The van der Waals surface area contributed by atoms with E-state index in [1.807, 2.05) is 0 Å². The van der Waals surface area contributed by atoms with Crippen LogP contribution >= 0.6 is 0 Å². The maximum atomic E-state index is 10.1. The average Bonchev–Trinajstić information content (AvgIpc) is 1.93. The summed E-state index contributed by atoms with van der Waals surface area (Å²) in [6.45, 7) is 4.93. The highest BCUT2D eigenvalue weighted by atomic mass is 16.4. The number of carbonyl (C=O) groups is 1. The lowest BCUT2D eigenvalue weighted by molar-refractivity contribution is -0.137. The minimum absolute atomic E-state index is 0.204. The summed E-state index contributed by atoms with van der Waals surface area (Å²) in [5.74, 6) is -0.760. The highest BCUT2D eigenvalue weighted by Crippen LogP contribution is 2.04. The molecule has 4 heteroatoms. The van der Waals surface area contributed by atoms with Gasteiger partial charge in [-0.2, -0.15) is 0 Å². The van der Waals surface area contributed by atoms with E-state index in [0.29, 0.717) is 19.4 Å². The molecule has 0 aliphatic carbocycles. The van der Waals surface area contributed by atoms with Crippen LogP contribution in [-0.2, 0) is 4.79 Å². The minimum Gasteiger partial charge on any atom is -0.481 e.